The maximum atomic E-state index is 13.4. The molecule has 0 saturated heterocycles. The molecule has 0 saturated carbocycles. The molecule has 0 fully saturated rings. The molecule has 4 aromatic rings. The minimum absolute atomic E-state index is 0.00355. The molecule has 4 rings (SSSR count). The Labute approximate surface area is 180 Å². The van der Waals surface area contributed by atoms with Crippen LogP contribution in [0, 0.1) is 13.8 Å². The van der Waals surface area contributed by atoms with Crippen LogP contribution in [0.3, 0.4) is 0 Å². The Balaban J connectivity index is 1.71. The van der Waals surface area contributed by atoms with Crippen molar-refractivity contribution < 1.29 is 9.53 Å². The van der Waals surface area contributed by atoms with Gasteiger partial charge in [0.15, 0.2) is 5.13 Å². The monoisotopic (exact) mass is 417 g/mol. The number of rotatable bonds is 6. The zero-order valence-corrected chi connectivity index (χ0v) is 18.1. The molecule has 0 unspecified atom stereocenters. The summed E-state index contributed by atoms with van der Waals surface area (Å²) in [4.78, 5) is 24.1. The fraction of sp³-hybridized carbons (Fsp3) is 0.208. The van der Waals surface area contributed by atoms with Gasteiger partial charge < -0.3 is 4.74 Å². The van der Waals surface area contributed by atoms with E-state index < -0.39 is 0 Å². The van der Waals surface area contributed by atoms with Gasteiger partial charge in [0.25, 0.3) is 0 Å². The Bertz CT molecular complexity index is 1190. The Morgan fingerprint density at radius 3 is 2.73 bits per heavy atom. The summed E-state index contributed by atoms with van der Waals surface area (Å²) in [5.41, 5.74) is 5.07. The van der Waals surface area contributed by atoms with Gasteiger partial charge in [0.2, 0.25) is 5.91 Å². The summed E-state index contributed by atoms with van der Waals surface area (Å²) >= 11 is 1.49. The van der Waals surface area contributed by atoms with Crippen molar-refractivity contribution in [1.82, 2.24) is 9.97 Å². The zero-order chi connectivity index (χ0) is 21.1. The average molecular weight is 418 g/mol. The standard InChI is InChI=1S/C24H23N3O2S/c1-16-9-10-19(17(2)12-16)13-22(28)27(15-18-6-5-11-25-14-18)24-26-23-20(29-3)7-4-8-21(23)30-24/h4-12,14H,13,15H2,1-3H3. The highest BCUT2D eigenvalue weighted by atomic mass is 32.1. The van der Waals surface area contributed by atoms with Gasteiger partial charge in [-0.2, -0.15) is 0 Å². The predicted molar refractivity (Wildman–Crippen MR) is 121 cm³/mol. The molecule has 2 heterocycles. The van der Waals surface area contributed by atoms with Crippen molar-refractivity contribution in [2.24, 2.45) is 0 Å². The third-order valence-corrected chi connectivity index (χ3v) is 6.07. The van der Waals surface area contributed by atoms with Gasteiger partial charge in [0.1, 0.15) is 11.3 Å². The van der Waals surface area contributed by atoms with Crippen LogP contribution in [-0.4, -0.2) is 23.0 Å². The van der Waals surface area contributed by atoms with E-state index in [4.69, 9.17) is 9.72 Å². The van der Waals surface area contributed by atoms with E-state index in [1.54, 1.807) is 24.4 Å². The van der Waals surface area contributed by atoms with Crippen LogP contribution in [0.4, 0.5) is 5.13 Å². The Kier molecular flexibility index (Phi) is 5.77. The minimum atomic E-state index is 0.00355. The number of nitrogens with zero attached hydrogens (tertiary/aromatic N) is 3. The van der Waals surface area contributed by atoms with Crippen molar-refractivity contribution >= 4 is 32.6 Å². The molecule has 152 valence electrons. The highest BCUT2D eigenvalue weighted by Gasteiger charge is 2.22. The van der Waals surface area contributed by atoms with Crippen LogP contribution in [0.5, 0.6) is 5.75 Å². The number of carbonyl (C=O) groups excluding carboxylic acids is 1. The summed E-state index contributed by atoms with van der Waals surface area (Å²) in [5, 5.41) is 0.660. The first-order chi connectivity index (χ1) is 14.5. The number of benzene rings is 2. The van der Waals surface area contributed by atoms with Crippen LogP contribution in [0.15, 0.2) is 60.9 Å². The third kappa shape index (κ3) is 4.19. The lowest BCUT2D eigenvalue weighted by Gasteiger charge is -2.20. The molecular weight excluding hydrogens is 394 g/mol. The zero-order valence-electron chi connectivity index (χ0n) is 17.3. The number of pyridine rings is 1. The molecule has 1 amide bonds. The van der Waals surface area contributed by atoms with E-state index in [0.29, 0.717) is 23.8 Å². The first kappa shape index (κ1) is 20.0. The van der Waals surface area contributed by atoms with E-state index in [9.17, 15) is 4.79 Å². The molecule has 0 N–H and O–H groups in total. The first-order valence-electron chi connectivity index (χ1n) is 9.74. The van der Waals surface area contributed by atoms with E-state index in [1.807, 2.05) is 49.4 Å². The molecule has 6 heteroatoms. The summed E-state index contributed by atoms with van der Waals surface area (Å²) < 4.78 is 6.44. The summed E-state index contributed by atoms with van der Waals surface area (Å²) in [7, 11) is 1.63. The fourth-order valence-electron chi connectivity index (χ4n) is 3.43. The second-order valence-corrected chi connectivity index (χ2v) is 8.26. The number of methoxy groups -OCH3 is 1. The van der Waals surface area contributed by atoms with Gasteiger partial charge in [-0.1, -0.05) is 47.2 Å². The number of aromatic nitrogens is 2. The summed E-state index contributed by atoms with van der Waals surface area (Å²) in [5.74, 6) is 0.710. The molecule has 0 aliphatic rings. The van der Waals surface area contributed by atoms with Crippen molar-refractivity contribution in [3.05, 3.63) is 83.2 Å². The number of para-hydroxylation sites is 1. The molecular formula is C24H23N3O2S. The molecule has 30 heavy (non-hydrogen) atoms. The Morgan fingerprint density at radius 1 is 1.13 bits per heavy atom. The smallest absolute Gasteiger partial charge is 0.233 e. The van der Waals surface area contributed by atoms with Crippen LogP contribution < -0.4 is 9.64 Å². The number of amides is 1. The maximum Gasteiger partial charge on any atom is 0.233 e. The number of hydrogen-bond donors (Lipinski definition) is 0. The lowest BCUT2D eigenvalue weighted by molar-refractivity contribution is -0.118. The number of carbonyl (C=O) groups is 1. The van der Waals surface area contributed by atoms with Gasteiger partial charge >= 0.3 is 0 Å². The van der Waals surface area contributed by atoms with Crippen molar-refractivity contribution in [1.29, 1.82) is 0 Å². The largest absolute Gasteiger partial charge is 0.494 e. The molecule has 0 spiro atoms. The second kappa shape index (κ2) is 8.63. The lowest BCUT2D eigenvalue weighted by atomic mass is 10.0. The number of hydrogen-bond acceptors (Lipinski definition) is 5. The second-order valence-electron chi connectivity index (χ2n) is 7.25. The van der Waals surface area contributed by atoms with Crippen molar-refractivity contribution in [2.45, 2.75) is 26.8 Å². The van der Waals surface area contributed by atoms with Gasteiger partial charge in [-0.3, -0.25) is 14.7 Å². The molecule has 2 aromatic heterocycles. The lowest BCUT2D eigenvalue weighted by Crippen LogP contribution is -2.32. The SMILES string of the molecule is COc1cccc2sc(N(Cc3cccnc3)C(=O)Cc3ccc(C)cc3C)nc12. The Morgan fingerprint density at radius 2 is 2.00 bits per heavy atom. The van der Waals surface area contributed by atoms with Crippen LogP contribution in [0.2, 0.25) is 0 Å². The summed E-state index contributed by atoms with van der Waals surface area (Å²) in [6.45, 7) is 4.52. The van der Waals surface area contributed by atoms with Gasteiger partial charge in [-0.25, -0.2) is 4.98 Å². The van der Waals surface area contributed by atoms with Gasteiger partial charge in [0.05, 0.1) is 24.8 Å². The van der Waals surface area contributed by atoms with Crippen molar-refractivity contribution in [3.63, 3.8) is 0 Å². The highest BCUT2D eigenvalue weighted by molar-refractivity contribution is 7.22. The fourth-order valence-corrected chi connectivity index (χ4v) is 4.43. The molecule has 0 aliphatic carbocycles. The average Bonchev–Trinajstić information content (AvgIpc) is 3.18. The number of thiazole rings is 1. The topological polar surface area (TPSA) is 55.3 Å². The van der Waals surface area contributed by atoms with Gasteiger partial charge in [-0.05, 0) is 48.7 Å². The summed E-state index contributed by atoms with van der Waals surface area (Å²) in [6.07, 6.45) is 3.83. The van der Waals surface area contributed by atoms with Crippen molar-refractivity contribution in [3.8, 4) is 5.75 Å². The Hall–Kier alpha value is -3.25. The normalized spacial score (nSPS) is 10.9. The molecule has 0 atom stereocenters. The van der Waals surface area contributed by atoms with Crippen LogP contribution in [0.1, 0.15) is 22.3 Å². The maximum absolute atomic E-state index is 13.4. The number of aryl methyl sites for hydroxylation is 2. The molecule has 5 nitrogen and oxygen atoms in total. The predicted octanol–water partition coefficient (Wildman–Crippen LogP) is 5.09. The van der Waals surface area contributed by atoms with E-state index in [2.05, 4.69) is 18.0 Å². The van der Waals surface area contributed by atoms with E-state index in [0.717, 1.165) is 26.9 Å². The van der Waals surface area contributed by atoms with E-state index in [1.165, 1.54) is 16.9 Å². The van der Waals surface area contributed by atoms with Gasteiger partial charge in [0, 0.05) is 12.4 Å². The van der Waals surface area contributed by atoms with Crippen molar-refractivity contribution in [2.75, 3.05) is 12.0 Å². The van der Waals surface area contributed by atoms with Crippen LogP contribution >= 0.6 is 11.3 Å². The number of fused-ring (bicyclic) bond motifs is 1. The van der Waals surface area contributed by atoms with Gasteiger partial charge in [-0.15, -0.1) is 0 Å². The minimum Gasteiger partial charge on any atom is -0.494 e. The number of anilines is 1. The quantitative estimate of drug-likeness (QED) is 0.438. The number of ether oxygens (including phenoxy) is 1. The highest BCUT2D eigenvalue weighted by Crippen LogP contribution is 2.35. The summed E-state index contributed by atoms with van der Waals surface area (Å²) in [6, 6.07) is 15.9. The molecule has 2 aromatic carbocycles. The van der Waals surface area contributed by atoms with Crippen LogP contribution in [-0.2, 0) is 17.8 Å². The molecule has 0 radical (unpaired) electrons. The molecule has 0 bridgehead atoms. The molecule has 0 aliphatic heterocycles. The van der Waals surface area contributed by atoms with E-state index >= 15 is 0 Å². The van der Waals surface area contributed by atoms with E-state index in [-0.39, 0.29) is 5.91 Å². The third-order valence-electron chi connectivity index (χ3n) is 5.03. The first-order valence-corrected chi connectivity index (χ1v) is 10.6. The van der Waals surface area contributed by atoms with Crippen LogP contribution in [0.25, 0.3) is 10.2 Å².